The topological polar surface area (TPSA) is 37.2 Å². The van der Waals surface area contributed by atoms with Gasteiger partial charge in [-0.25, -0.2) is 9.97 Å². The van der Waals surface area contributed by atoms with Crippen molar-refractivity contribution in [1.82, 2.24) is 14.5 Å². The van der Waals surface area contributed by atoms with Crippen LogP contribution >= 0.6 is 0 Å². The van der Waals surface area contributed by atoms with E-state index in [1.165, 1.54) is 10.8 Å². The molecule has 0 fully saturated rings. The van der Waals surface area contributed by atoms with E-state index in [1.807, 2.05) is 42.7 Å². The predicted octanol–water partition coefficient (Wildman–Crippen LogP) is 18.8. The number of hydrogen-bond acceptors (Lipinski definition) is 4. The molecule has 5 heteroatoms. The molecule has 0 saturated heterocycles. The first-order valence-corrected chi connectivity index (χ1v) is 25.4. The number of para-hydroxylation sites is 4. The molecule has 0 bridgehead atoms. The maximum atomic E-state index is 4.66. The van der Waals surface area contributed by atoms with Crippen molar-refractivity contribution in [2.75, 3.05) is 9.80 Å². The van der Waals surface area contributed by atoms with Gasteiger partial charge in [-0.15, -0.1) is 0 Å². The third-order valence-electron chi connectivity index (χ3n) is 14.1. The molecule has 0 aliphatic carbocycles. The van der Waals surface area contributed by atoms with Gasteiger partial charge in [-0.1, -0.05) is 176 Å². The molecular weight excluding hydrogens is 911 g/mol. The molecule has 354 valence electrons. The van der Waals surface area contributed by atoms with Crippen LogP contribution in [0.3, 0.4) is 0 Å². The van der Waals surface area contributed by atoms with Crippen LogP contribution in [0.25, 0.3) is 83.4 Å². The minimum Gasteiger partial charge on any atom is -0.311 e. The molecule has 13 rings (SSSR count). The Kier molecular flexibility index (Phi) is 11.9. The molecule has 5 nitrogen and oxygen atoms in total. The van der Waals surface area contributed by atoms with Crippen molar-refractivity contribution in [3.8, 4) is 61.6 Å². The zero-order chi connectivity index (χ0) is 49.9. The summed E-state index contributed by atoms with van der Waals surface area (Å²) in [4.78, 5) is 13.9. The summed E-state index contributed by atoms with van der Waals surface area (Å²) in [7, 11) is 0. The summed E-state index contributed by atoms with van der Waals surface area (Å²) < 4.78 is 2.41. The fraction of sp³-hybridized carbons (Fsp3) is 0. The van der Waals surface area contributed by atoms with E-state index in [2.05, 4.69) is 279 Å². The van der Waals surface area contributed by atoms with Crippen LogP contribution in [0.15, 0.2) is 298 Å². The van der Waals surface area contributed by atoms with Gasteiger partial charge in [0.15, 0.2) is 5.82 Å². The number of nitrogens with zero attached hydrogens (tertiary/aromatic N) is 5. The minimum absolute atomic E-state index is 0.723. The van der Waals surface area contributed by atoms with E-state index < -0.39 is 0 Å². The molecule has 0 N–H and O–H groups in total. The van der Waals surface area contributed by atoms with Crippen molar-refractivity contribution >= 4 is 55.9 Å². The van der Waals surface area contributed by atoms with E-state index in [0.29, 0.717) is 0 Å². The van der Waals surface area contributed by atoms with E-state index in [-0.39, 0.29) is 0 Å². The fourth-order valence-corrected chi connectivity index (χ4v) is 10.3. The molecule has 0 radical (unpaired) electrons. The van der Waals surface area contributed by atoms with E-state index in [0.717, 1.165) is 107 Å². The SMILES string of the molecule is c1ccc(-c2ncc(-c3ccc(-c4ccc(-n5c6ccc(-c7ccc(N(c8ccccc8)c8ccccc8)cc7)cc6c6cc(-c7ccc(N(c8ccccc8)c8ccccc8)cc7)ccc65)cc4)cc3)cn2)cc1. The first kappa shape index (κ1) is 44.8. The van der Waals surface area contributed by atoms with Crippen molar-refractivity contribution in [3.05, 3.63) is 298 Å². The highest BCUT2D eigenvalue weighted by Crippen LogP contribution is 2.41. The number of anilines is 6. The zero-order valence-corrected chi connectivity index (χ0v) is 41.0. The predicted molar refractivity (Wildman–Crippen MR) is 313 cm³/mol. The van der Waals surface area contributed by atoms with Gasteiger partial charge < -0.3 is 14.4 Å². The van der Waals surface area contributed by atoms with Crippen molar-refractivity contribution in [2.24, 2.45) is 0 Å². The van der Waals surface area contributed by atoms with Gasteiger partial charge in [-0.2, -0.15) is 0 Å². The standard InChI is InChI=1S/C70H49N5/c1-6-16-55(17-7-1)70-71-48-58(49-72-70)54-28-26-50(27-29-54)51-30-42-65(43-31-51)75-68-44-36-56(52-32-38-63(39-33-52)73(59-18-8-2-9-19-59)60-20-10-3-11-21-60)46-66(68)67-47-57(37-45-69(67)75)53-34-40-64(41-35-53)74(61-22-12-4-13-23-61)62-24-14-5-15-25-62/h1-49H. The van der Waals surface area contributed by atoms with Gasteiger partial charge in [0, 0.05) is 74.1 Å². The normalized spacial score (nSPS) is 11.2. The Morgan fingerprint density at radius 2 is 0.533 bits per heavy atom. The average molecular weight is 960 g/mol. The molecule has 2 aromatic heterocycles. The lowest BCUT2D eigenvalue weighted by Crippen LogP contribution is -2.09. The van der Waals surface area contributed by atoms with Crippen molar-refractivity contribution in [3.63, 3.8) is 0 Å². The Bertz CT molecular complexity index is 3770. The van der Waals surface area contributed by atoms with Crippen LogP contribution in [0.2, 0.25) is 0 Å². The molecule has 75 heavy (non-hydrogen) atoms. The molecule has 0 amide bonds. The summed E-state index contributed by atoms with van der Waals surface area (Å²) in [6, 6.07) is 102. The van der Waals surface area contributed by atoms with E-state index >= 15 is 0 Å². The minimum atomic E-state index is 0.723. The summed E-state index contributed by atoms with van der Waals surface area (Å²) in [5, 5.41) is 2.39. The number of fused-ring (bicyclic) bond motifs is 3. The van der Waals surface area contributed by atoms with Gasteiger partial charge in [-0.05, 0) is 148 Å². The Labute approximate surface area is 437 Å². The monoisotopic (exact) mass is 959 g/mol. The van der Waals surface area contributed by atoms with Crippen LogP contribution in [0, 0.1) is 0 Å². The first-order valence-electron chi connectivity index (χ1n) is 25.4. The van der Waals surface area contributed by atoms with E-state index in [1.54, 1.807) is 0 Å². The fourth-order valence-electron chi connectivity index (χ4n) is 10.3. The maximum absolute atomic E-state index is 4.66. The largest absolute Gasteiger partial charge is 0.311 e. The summed E-state index contributed by atoms with van der Waals surface area (Å²) in [6.07, 6.45) is 3.81. The molecule has 0 atom stereocenters. The molecule has 2 heterocycles. The van der Waals surface area contributed by atoms with Crippen molar-refractivity contribution in [2.45, 2.75) is 0 Å². The molecular formula is C70H49N5. The lowest BCUT2D eigenvalue weighted by molar-refractivity contribution is 1.18. The molecule has 0 spiro atoms. The number of hydrogen-bond donors (Lipinski definition) is 0. The lowest BCUT2D eigenvalue weighted by Gasteiger charge is -2.25. The van der Waals surface area contributed by atoms with Crippen molar-refractivity contribution in [1.29, 1.82) is 0 Å². The van der Waals surface area contributed by atoms with E-state index in [9.17, 15) is 0 Å². The first-order chi connectivity index (χ1) is 37.2. The molecule has 11 aromatic carbocycles. The third-order valence-corrected chi connectivity index (χ3v) is 14.1. The third kappa shape index (κ3) is 8.90. The highest BCUT2D eigenvalue weighted by atomic mass is 15.1. The van der Waals surface area contributed by atoms with Gasteiger partial charge >= 0.3 is 0 Å². The lowest BCUT2D eigenvalue weighted by atomic mass is 9.99. The molecule has 0 aliphatic rings. The average Bonchev–Trinajstić information content (AvgIpc) is 3.83. The Morgan fingerprint density at radius 1 is 0.240 bits per heavy atom. The van der Waals surface area contributed by atoms with Gasteiger partial charge in [0.25, 0.3) is 0 Å². The molecule has 0 saturated carbocycles. The molecule has 0 aliphatic heterocycles. The van der Waals surface area contributed by atoms with Crippen LogP contribution in [0.1, 0.15) is 0 Å². The summed E-state index contributed by atoms with van der Waals surface area (Å²) in [5.41, 5.74) is 20.0. The highest BCUT2D eigenvalue weighted by molar-refractivity contribution is 6.11. The maximum Gasteiger partial charge on any atom is 0.159 e. The van der Waals surface area contributed by atoms with Gasteiger partial charge in [0.05, 0.1) is 11.0 Å². The molecule has 0 unspecified atom stereocenters. The number of rotatable bonds is 12. The van der Waals surface area contributed by atoms with Gasteiger partial charge in [-0.3, -0.25) is 0 Å². The summed E-state index contributed by atoms with van der Waals surface area (Å²) in [6.45, 7) is 0. The van der Waals surface area contributed by atoms with Gasteiger partial charge in [0.2, 0.25) is 0 Å². The van der Waals surface area contributed by atoms with Gasteiger partial charge in [0.1, 0.15) is 0 Å². The number of aromatic nitrogens is 3. The van der Waals surface area contributed by atoms with Crippen LogP contribution in [-0.4, -0.2) is 14.5 Å². The molecule has 13 aromatic rings. The zero-order valence-electron chi connectivity index (χ0n) is 41.0. The second-order valence-corrected chi connectivity index (χ2v) is 18.7. The second kappa shape index (κ2) is 19.8. The van der Waals surface area contributed by atoms with Crippen LogP contribution in [-0.2, 0) is 0 Å². The summed E-state index contributed by atoms with van der Waals surface area (Å²) in [5.74, 6) is 0.723. The summed E-state index contributed by atoms with van der Waals surface area (Å²) >= 11 is 0. The van der Waals surface area contributed by atoms with E-state index in [4.69, 9.17) is 0 Å². The quantitative estimate of drug-likeness (QED) is 0.122. The highest BCUT2D eigenvalue weighted by Gasteiger charge is 2.18. The Balaban J connectivity index is 0.860. The Morgan fingerprint density at radius 3 is 0.920 bits per heavy atom. The van der Waals surface area contributed by atoms with Crippen LogP contribution < -0.4 is 9.80 Å². The smallest absolute Gasteiger partial charge is 0.159 e. The van der Waals surface area contributed by atoms with Crippen LogP contribution in [0.5, 0.6) is 0 Å². The van der Waals surface area contributed by atoms with Crippen molar-refractivity contribution < 1.29 is 0 Å². The Hall–Kier alpha value is -10.1. The number of benzene rings is 11. The van der Waals surface area contributed by atoms with Crippen LogP contribution in [0.4, 0.5) is 34.1 Å². The second-order valence-electron chi connectivity index (χ2n) is 18.7.